The zero-order valence-corrected chi connectivity index (χ0v) is 29.8. The summed E-state index contributed by atoms with van der Waals surface area (Å²) >= 11 is 2.52. The SMILES string of the molecule is CCCCCCCCCCc1c(C=O)sc(/C=N/c2sc(N)c(C(=O)OCC)c2C(=O)OCC)c1CCCCCCCCCC. The average molecular weight is 661 g/mol. The number of unbranched alkanes of at least 4 members (excludes halogenated alkanes) is 14. The molecule has 0 saturated carbocycles. The molecular formula is C36H56N2O5S2. The second-order valence-electron chi connectivity index (χ2n) is 11.6. The quantitative estimate of drug-likeness (QED) is 0.0491. The highest BCUT2D eigenvalue weighted by Gasteiger charge is 2.29. The highest BCUT2D eigenvalue weighted by Crippen LogP contribution is 2.39. The van der Waals surface area contributed by atoms with Crippen molar-refractivity contribution in [3.8, 4) is 0 Å². The van der Waals surface area contributed by atoms with Crippen molar-refractivity contribution in [3.05, 3.63) is 32.0 Å². The van der Waals surface area contributed by atoms with Crippen molar-refractivity contribution in [2.24, 2.45) is 4.99 Å². The molecule has 0 aliphatic heterocycles. The van der Waals surface area contributed by atoms with Crippen LogP contribution in [-0.4, -0.2) is 37.7 Å². The molecule has 0 unspecified atom stereocenters. The number of aldehydes is 1. The number of esters is 2. The van der Waals surface area contributed by atoms with Gasteiger partial charge in [-0.15, -0.1) is 11.3 Å². The lowest BCUT2D eigenvalue weighted by atomic mass is 9.96. The summed E-state index contributed by atoms with van der Waals surface area (Å²) in [6, 6.07) is 0. The summed E-state index contributed by atoms with van der Waals surface area (Å²) in [5.74, 6) is -1.33. The van der Waals surface area contributed by atoms with Crippen LogP contribution in [0.4, 0.5) is 10.0 Å². The molecule has 0 aliphatic rings. The van der Waals surface area contributed by atoms with E-state index in [2.05, 4.69) is 18.8 Å². The molecule has 0 aromatic carbocycles. The third-order valence-electron chi connectivity index (χ3n) is 8.02. The molecule has 2 aromatic rings. The Bertz CT molecular complexity index is 1200. The molecule has 45 heavy (non-hydrogen) atoms. The lowest BCUT2D eigenvalue weighted by Gasteiger charge is -2.08. The Morgan fingerprint density at radius 3 is 1.56 bits per heavy atom. The molecule has 0 bridgehead atoms. The molecule has 0 amide bonds. The molecule has 0 spiro atoms. The van der Waals surface area contributed by atoms with Crippen LogP contribution in [0.2, 0.25) is 0 Å². The number of rotatable bonds is 25. The van der Waals surface area contributed by atoms with E-state index in [1.165, 1.54) is 94.0 Å². The first kappa shape index (κ1) is 38.7. The lowest BCUT2D eigenvalue weighted by Crippen LogP contribution is -2.13. The lowest BCUT2D eigenvalue weighted by molar-refractivity contribution is 0.0481. The van der Waals surface area contributed by atoms with Crippen LogP contribution < -0.4 is 5.73 Å². The molecular weight excluding hydrogens is 605 g/mol. The molecule has 0 atom stereocenters. The van der Waals surface area contributed by atoms with Gasteiger partial charge in [0.2, 0.25) is 0 Å². The zero-order chi connectivity index (χ0) is 32.9. The Morgan fingerprint density at radius 2 is 1.09 bits per heavy atom. The number of nitrogens with zero attached hydrogens (tertiary/aromatic N) is 1. The summed E-state index contributed by atoms with van der Waals surface area (Å²) in [5, 5.41) is 0.468. The van der Waals surface area contributed by atoms with Gasteiger partial charge in [-0.25, -0.2) is 14.6 Å². The maximum Gasteiger partial charge on any atom is 0.342 e. The van der Waals surface area contributed by atoms with E-state index in [4.69, 9.17) is 15.2 Å². The third-order valence-corrected chi connectivity index (χ3v) is 10.1. The fraction of sp³-hybridized carbons (Fsp3) is 0.667. The fourth-order valence-corrected chi connectivity index (χ4v) is 7.58. The molecule has 9 heteroatoms. The van der Waals surface area contributed by atoms with Gasteiger partial charge >= 0.3 is 11.9 Å². The van der Waals surface area contributed by atoms with Gasteiger partial charge in [0.25, 0.3) is 0 Å². The van der Waals surface area contributed by atoms with Gasteiger partial charge in [0, 0.05) is 11.1 Å². The predicted octanol–water partition coefficient (Wildman–Crippen LogP) is 10.7. The van der Waals surface area contributed by atoms with Gasteiger partial charge in [0.15, 0.2) is 6.29 Å². The van der Waals surface area contributed by atoms with Crippen LogP contribution in [0.1, 0.15) is 177 Å². The minimum Gasteiger partial charge on any atom is -0.462 e. The van der Waals surface area contributed by atoms with Crippen molar-refractivity contribution < 1.29 is 23.9 Å². The van der Waals surface area contributed by atoms with Gasteiger partial charge in [-0.05, 0) is 50.7 Å². The minimum atomic E-state index is -0.668. The van der Waals surface area contributed by atoms with E-state index < -0.39 is 11.9 Å². The van der Waals surface area contributed by atoms with Crippen LogP contribution in [0.25, 0.3) is 0 Å². The molecule has 0 radical (unpaired) electrons. The summed E-state index contributed by atoms with van der Waals surface area (Å²) < 4.78 is 10.4. The number of aliphatic imine (C=N–C) groups is 1. The molecule has 0 saturated heterocycles. The van der Waals surface area contributed by atoms with E-state index in [1.807, 2.05) is 0 Å². The van der Waals surface area contributed by atoms with Gasteiger partial charge in [-0.1, -0.05) is 115 Å². The van der Waals surface area contributed by atoms with Crippen molar-refractivity contribution in [2.45, 2.75) is 143 Å². The van der Waals surface area contributed by atoms with Gasteiger partial charge in [0.05, 0.1) is 18.1 Å². The molecule has 2 rings (SSSR count). The van der Waals surface area contributed by atoms with E-state index in [1.54, 1.807) is 20.1 Å². The molecule has 2 aromatic heterocycles. The molecule has 0 fully saturated rings. The van der Waals surface area contributed by atoms with Crippen molar-refractivity contribution in [1.29, 1.82) is 0 Å². The van der Waals surface area contributed by atoms with Crippen LogP contribution in [0, 0.1) is 0 Å². The highest BCUT2D eigenvalue weighted by molar-refractivity contribution is 7.20. The van der Waals surface area contributed by atoms with Crippen LogP contribution >= 0.6 is 22.7 Å². The summed E-state index contributed by atoms with van der Waals surface area (Å²) in [6.45, 7) is 8.19. The van der Waals surface area contributed by atoms with Gasteiger partial charge in [0.1, 0.15) is 21.1 Å². The third kappa shape index (κ3) is 13.0. The van der Waals surface area contributed by atoms with Gasteiger partial charge in [-0.3, -0.25) is 4.79 Å². The standard InChI is InChI=1S/C36H56N2O5S2/c1-5-9-11-13-15-17-19-21-23-27-28(24-22-20-18-16-14-12-10-6-2)30(26-39)44-29(27)25-38-34-32(36(41)43-8-4)31(33(37)45-34)35(40)42-7-3/h25-26H,5-24,37H2,1-4H3/b38-25+. The summed E-state index contributed by atoms with van der Waals surface area (Å²) in [5.41, 5.74) is 8.56. The summed E-state index contributed by atoms with van der Waals surface area (Å²) in [7, 11) is 0. The number of thiophene rings is 2. The number of carbonyl (C=O) groups is 3. The second-order valence-corrected chi connectivity index (χ2v) is 13.7. The number of carbonyl (C=O) groups excluding carboxylic acids is 3. The van der Waals surface area contributed by atoms with E-state index >= 15 is 0 Å². The Kier molecular flexibility index (Phi) is 19.7. The topological polar surface area (TPSA) is 108 Å². The smallest absolute Gasteiger partial charge is 0.342 e. The fourth-order valence-electron chi connectivity index (χ4n) is 5.60. The van der Waals surface area contributed by atoms with E-state index in [-0.39, 0.29) is 29.3 Å². The Balaban J connectivity index is 2.30. The van der Waals surface area contributed by atoms with Gasteiger partial charge < -0.3 is 15.2 Å². The van der Waals surface area contributed by atoms with Crippen LogP contribution in [-0.2, 0) is 22.3 Å². The molecule has 2 heterocycles. The molecule has 252 valence electrons. The number of hydrogen-bond donors (Lipinski definition) is 1. The first-order valence-electron chi connectivity index (χ1n) is 17.3. The van der Waals surface area contributed by atoms with Crippen molar-refractivity contribution in [1.82, 2.24) is 0 Å². The second kappa shape index (κ2) is 22.9. The first-order valence-corrected chi connectivity index (χ1v) is 19.0. The number of nitrogens with two attached hydrogens (primary N) is 1. The van der Waals surface area contributed by atoms with Crippen LogP contribution in [0.15, 0.2) is 4.99 Å². The average Bonchev–Trinajstić information content (AvgIpc) is 3.54. The van der Waals surface area contributed by atoms with Crippen LogP contribution in [0.3, 0.4) is 0 Å². The Labute approximate surface area is 279 Å². The normalized spacial score (nSPS) is 11.4. The number of nitrogen functional groups attached to an aromatic ring is 1. The maximum absolute atomic E-state index is 12.9. The van der Waals surface area contributed by atoms with E-state index in [0.29, 0.717) is 5.00 Å². The van der Waals surface area contributed by atoms with Gasteiger partial charge in [-0.2, -0.15) is 0 Å². The van der Waals surface area contributed by atoms with E-state index in [0.717, 1.165) is 71.5 Å². The minimum absolute atomic E-state index is 0.00162. The van der Waals surface area contributed by atoms with Crippen molar-refractivity contribution >= 4 is 57.1 Å². The Morgan fingerprint density at radius 1 is 0.644 bits per heavy atom. The van der Waals surface area contributed by atoms with Crippen molar-refractivity contribution in [3.63, 3.8) is 0 Å². The number of anilines is 1. The van der Waals surface area contributed by atoms with E-state index in [9.17, 15) is 14.4 Å². The van der Waals surface area contributed by atoms with Crippen molar-refractivity contribution in [2.75, 3.05) is 18.9 Å². The highest BCUT2D eigenvalue weighted by atomic mass is 32.1. The number of hydrogen-bond acceptors (Lipinski definition) is 9. The van der Waals surface area contributed by atoms with Crippen LogP contribution in [0.5, 0.6) is 0 Å². The molecule has 0 aliphatic carbocycles. The maximum atomic E-state index is 12.9. The predicted molar refractivity (Wildman–Crippen MR) is 190 cm³/mol. The molecule has 7 nitrogen and oxygen atoms in total. The largest absolute Gasteiger partial charge is 0.462 e. The zero-order valence-electron chi connectivity index (χ0n) is 28.2. The summed E-state index contributed by atoms with van der Waals surface area (Å²) in [6.07, 6.45) is 24.3. The summed E-state index contributed by atoms with van der Waals surface area (Å²) in [4.78, 5) is 44.2. The molecule has 2 N–H and O–H groups in total. The Hall–Kier alpha value is -2.52. The first-order chi connectivity index (χ1) is 21.9. The number of ether oxygens (including phenoxy) is 2. The monoisotopic (exact) mass is 660 g/mol.